The molecule has 156 valence electrons. The van der Waals surface area contributed by atoms with Crippen molar-refractivity contribution in [2.75, 3.05) is 5.75 Å². The zero-order valence-corrected chi connectivity index (χ0v) is 18.5. The maximum Gasteiger partial charge on any atom is 0.230 e. The Hall–Kier alpha value is -2.67. The quantitative estimate of drug-likeness (QED) is 0.606. The van der Waals surface area contributed by atoms with Crippen molar-refractivity contribution in [1.29, 1.82) is 0 Å². The number of fused-ring (bicyclic) bond motifs is 1. The molecule has 6 nitrogen and oxygen atoms in total. The number of aromatic nitrogens is 4. The van der Waals surface area contributed by atoms with E-state index in [1.807, 2.05) is 39.0 Å². The van der Waals surface area contributed by atoms with E-state index >= 15 is 0 Å². The third-order valence-electron chi connectivity index (χ3n) is 5.45. The van der Waals surface area contributed by atoms with Crippen molar-refractivity contribution in [2.24, 2.45) is 0 Å². The fourth-order valence-electron chi connectivity index (χ4n) is 3.89. The highest BCUT2D eigenvalue weighted by molar-refractivity contribution is 7.99. The number of carbonyl (C=O) groups excluding carboxylic acids is 1. The molecule has 1 aliphatic carbocycles. The summed E-state index contributed by atoms with van der Waals surface area (Å²) < 4.78 is 1.77. The number of nitrogens with zero attached hydrogens (tertiary/aromatic N) is 4. The van der Waals surface area contributed by atoms with Gasteiger partial charge in [0.15, 0.2) is 5.82 Å². The van der Waals surface area contributed by atoms with Crippen molar-refractivity contribution < 1.29 is 4.79 Å². The Morgan fingerprint density at radius 3 is 2.60 bits per heavy atom. The molecule has 0 saturated carbocycles. The van der Waals surface area contributed by atoms with Crippen molar-refractivity contribution in [3.8, 4) is 5.82 Å². The van der Waals surface area contributed by atoms with Gasteiger partial charge >= 0.3 is 0 Å². The molecule has 0 aliphatic heterocycles. The topological polar surface area (TPSA) is 72.7 Å². The van der Waals surface area contributed by atoms with E-state index in [1.165, 1.54) is 47.7 Å². The van der Waals surface area contributed by atoms with Crippen LogP contribution in [0.2, 0.25) is 0 Å². The summed E-state index contributed by atoms with van der Waals surface area (Å²) in [6, 6.07) is 12.4. The molecule has 7 heteroatoms. The van der Waals surface area contributed by atoms with Crippen LogP contribution >= 0.6 is 11.8 Å². The molecule has 0 radical (unpaired) electrons. The molecule has 2 heterocycles. The van der Waals surface area contributed by atoms with Crippen LogP contribution in [0.25, 0.3) is 5.82 Å². The van der Waals surface area contributed by atoms with Gasteiger partial charge in [0.2, 0.25) is 5.91 Å². The van der Waals surface area contributed by atoms with Crippen LogP contribution in [0.4, 0.5) is 0 Å². The highest BCUT2D eigenvalue weighted by Crippen LogP contribution is 2.25. The molecule has 1 aliphatic rings. The summed E-state index contributed by atoms with van der Waals surface area (Å²) in [5.74, 6) is 0.980. The second-order valence-electron chi connectivity index (χ2n) is 7.88. The zero-order valence-electron chi connectivity index (χ0n) is 17.7. The minimum absolute atomic E-state index is 0.00496. The van der Waals surface area contributed by atoms with Crippen LogP contribution in [0.1, 0.15) is 53.9 Å². The number of nitrogens with one attached hydrogen (secondary N) is 1. The average molecular weight is 422 g/mol. The molecule has 2 aromatic heterocycles. The third-order valence-corrected chi connectivity index (χ3v) is 6.37. The molecule has 1 aromatic carbocycles. The van der Waals surface area contributed by atoms with Crippen LogP contribution in [-0.2, 0) is 17.6 Å². The largest absolute Gasteiger partial charge is 0.349 e. The third kappa shape index (κ3) is 4.73. The molecule has 1 unspecified atom stereocenters. The Labute approximate surface area is 181 Å². The molecule has 1 N–H and O–H groups in total. The number of hydrogen-bond acceptors (Lipinski definition) is 5. The first kappa shape index (κ1) is 20.6. The van der Waals surface area contributed by atoms with Crippen molar-refractivity contribution in [2.45, 2.75) is 57.5 Å². The molecule has 0 spiro atoms. The van der Waals surface area contributed by atoms with Crippen LogP contribution in [0, 0.1) is 13.8 Å². The molecule has 0 fully saturated rings. The van der Waals surface area contributed by atoms with Gasteiger partial charge in [-0.2, -0.15) is 5.10 Å². The average Bonchev–Trinajstić information content (AvgIpc) is 3.10. The minimum atomic E-state index is -0.00943. The number of aryl methyl sites for hydroxylation is 4. The molecule has 1 amide bonds. The van der Waals surface area contributed by atoms with Crippen LogP contribution in [-0.4, -0.2) is 31.6 Å². The summed E-state index contributed by atoms with van der Waals surface area (Å²) >= 11 is 1.39. The fraction of sp³-hybridized carbons (Fsp3) is 0.391. The Morgan fingerprint density at radius 1 is 1.10 bits per heavy atom. The van der Waals surface area contributed by atoms with E-state index in [2.05, 4.69) is 38.8 Å². The fourth-order valence-corrected chi connectivity index (χ4v) is 4.52. The SMILES string of the molecule is Cc1cc(C)n(-c2ccc(SCC(=O)NC(C)c3ccc4c(c3)CCCC4)nn2)n1. The van der Waals surface area contributed by atoms with Crippen LogP contribution in [0.5, 0.6) is 0 Å². The second kappa shape index (κ2) is 9.00. The van der Waals surface area contributed by atoms with Crippen molar-refractivity contribution in [1.82, 2.24) is 25.3 Å². The number of thioether (sulfide) groups is 1. The van der Waals surface area contributed by atoms with Crippen molar-refractivity contribution in [3.05, 3.63) is 64.5 Å². The standard InChI is InChI=1S/C23H27N5OS/c1-15-12-16(2)28(27-15)21-10-11-23(26-25-21)30-14-22(29)24-17(3)19-9-8-18-6-4-5-7-20(18)13-19/h8-13,17H,4-7,14H2,1-3H3,(H,24,29). The number of benzene rings is 1. The van der Waals surface area contributed by atoms with E-state index in [9.17, 15) is 4.79 Å². The minimum Gasteiger partial charge on any atom is -0.349 e. The zero-order chi connectivity index (χ0) is 21.1. The lowest BCUT2D eigenvalue weighted by atomic mass is 9.89. The van der Waals surface area contributed by atoms with Gasteiger partial charge in [-0.3, -0.25) is 4.79 Å². The lowest BCUT2D eigenvalue weighted by Crippen LogP contribution is -2.28. The number of carbonyl (C=O) groups is 1. The van der Waals surface area contributed by atoms with Crippen molar-refractivity contribution >= 4 is 17.7 Å². The maximum atomic E-state index is 12.4. The van der Waals surface area contributed by atoms with E-state index in [-0.39, 0.29) is 11.9 Å². The molecular formula is C23H27N5OS. The van der Waals surface area contributed by atoms with Gasteiger partial charge in [0.25, 0.3) is 0 Å². The van der Waals surface area contributed by atoms with Gasteiger partial charge in [-0.25, -0.2) is 4.68 Å². The predicted molar refractivity (Wildman–Crippen MR) is 119 cm³/mol. The van der Waals surface area contributed by atoms with Gasteiger partial charge in [0.1, 0.15) is 5.03 Å². The van der Waals surface area contributed by atoms with Crippen LogP contribution in [0.15, 0.2) is 41.4 Å². The highest BCUT2D eigenvalue weighted by atomic mass is 32.2. The molecular weight excluding hydrogens is 394 g/mol. The summed E-state index contributed by atoms with van der Waals surface area (Å²) in [4.78, 5) is 12.4. The van der Waals surface area contributed by atoms with E-state index in [0.717, 1.165) is 22.8 Å². The van der Waals surface area contributed by atoms with Gasteiger partial charge in [0.05, 0.1) is 17.5 Å². The van der Waals surface area contributed by atoms with Gasteiger partial charge < -0.3 is 5.32 Å². The maximum absolute atomic E-state index is 12.4. The first-order valence-electron chi connectivity index (χ1n) is 10.4. The van der Waals surface area contributed by atoms with Crippen LogP contribution < -0.4 is 5.32 Å². The molecule has 3 aromatic rings. The molecule has 0 bridgehead atoms. The smallest absolute Gasteiger partial charge is 0.230 e. The Balaban J connectivity index is 1.32. The summed E-state index contributed by atoms with van der Waals surface area (Å²) in [6.45, 7) is 5.97. The molecule has 1 atom stereocenters. The predicted octanol–water partition coefficient (Wildman–Crippen LogP) is 4.13. The first-order valence-corrected chi connectivity index (χ1v) is 11.4. The monoisotopic (exact) mass is 421 g/mol. The highest BCUT2D eigenvalue weighted by Gasteiger charge is 2.15. The number of rotatable bonds is 6. The summed E-state index contributed by atoms with van der Waals surface area (Å²) in [5.41, 5.74) is 6.02. The lowest BCUT2D eigenvalue weighted by Gasteiger charge is -2.20. The molecule has 30 heavy (non-hydrogen) atoms. The summed E-state index contributed by atoms with van der Waals surface area (Å²) in [6.07, 6.45) is 4.85. The Kier molecular flexibility index (Phi) is 6.18. The Bertz CT molecular complexity index is 1040. The van der Waals surface area contributed by atoms with Crippen molar-refractivity contribution in [3.63, 3.8) is 0 Å². The lowest BCUT2D eigenvalue weighted by molar-refractivity contribution is -0.119. The second-order valence-corrected chi connectivity index (χ2v) is 8.88. The van der Waals surface area contributed by atoms with Gasteiger partial charge in [0, 0.05) is 5.69 Å². The normalized spacial score (nSPS) is 14.2. The van der Waals surface area contributed by atoms with E-state index in [0.29, 0.717) is 11.6 Å². The van der Waals surface area contributed by atoms with E-state index in [4.69, 9.17) is 0 Å². The van der Waals surface area contributed by atoms with Gasteiger partial charge in [-0.1, -0.05) is 30.0 Å². The molecule has 0 saturated heterocycles. The Morgan fingerprint density at radius 2 is 1.90 bits per heavy atom. The van der Waals surface area contributed by atoms with Gasteiger partial charge in [-0.15, -0.1) is 10.2 Å². The van der Waals surface area contributed by atoms with Gasteiger partial charge in [-0.05, 0) is 81.3 Å². The van der Waals surface area contributed by atoms with E-state index < -0.39 is 0 Å². The van der Waals surface area contributed by atoms with E-state index in [1.54, 1.807) is 4.68 Å². The summed E-state index contributed by atoms with van der Waals surface area (Å²) in [5, 5.41) is 16.7. The van der Waals surface area contributed by atoms with Crippen LogP contribution in [0.3, 0.4) is 0 Å². The first-order chi connectivity index (χ1) is 14.5. The molecule has 4 rings (SSSR count). The number of hydrogen-bond donors (Lipinski definition) is 1. The number of amides is 1. The summed E-state index contributed by atoms with van der Waals surface area (Å²) in [7, 11) is 0.